The Morgan fingerprint density at radius 3 is 2.32 bits per heavy atom. The van der Waals surface area contributed by atoms with Crippen LogP contribution < -0.4 is 10.1 Å². The Balaban J connectivity index is 1.13. The third kappa shape index (κ3) is 8.10. The molecule has 0 aliphatic carbocycles. The van der Waals surface area contributed by atoms with E-state index in [2.05, 4.69) is 10.3 Å². The van der Waals surface area contributed by atoms with Gasteiger partial charge in [-0.3, -0.25) is 4.79 Å². The van der Waals surface area contributed by atoms with Gasteiger partial charge in [-0.25, -0.2) is 18.2 Å². The third-order valence-corrected chi connectivity index (χ3v) is 9.69. The SMILES string of the molecule is O=C(NC(Oc1ccc(CCCS(=O)(=O)c2ccc(Cl)cc2)cc1)C(=O)O)c1ccc(C=Cc2nc3ccccc3s2)cc1. The lowest BCUT2D eigenvalue weighted by Crippen LogP contribution is -2.44. The molecular weight excluding hydrogens is 620 g/mol. The average Bonchev–Trinajstić information content (AvgIpc) is 3.44. The number of sulfone groups is 1. The van der Waals surface area contributed by atoms with Crippen molar-refractivity contribution >= 4 is 67.0 Å². The zero-order chi connectivity index (χ0) is 31.1. The highest BCUT2D eigenvalue weighted by Gasteiger charge is 2.23. The van der Waals surface area contributed by atoms with Crippen molar-refractivity contribution in [1.29, 1.82) is 0 Å². The minimum Gasteiger partial charge on any atom is -0.477 e. The highest BCUT2D eigenvalue weighted by atomic mass is 35.5. The third-order valence-electron chi connectivity index (χ3n) is 6.62. The average molecular weight is 647 g/mol. The fourth-order valence-corrected chi connectivity index (χ4v) is 6.62. The lowest BCUT2D eigenvalue weighted by molar-refractivity contribution is -0.146. The van der Waals surface area contributed by atoms with E-state index in [4.69, 9.17) is 16.3 Å². The van der Waals surface area contributed by atoms with Gasteiger partial charge in [0.1, 0.15) is 10.8 Å². The Kier molecular flexibility index (Phi) is 9.74. The van der Waals surface area contributed by atoms with Crippen molar-refractivity contribution in [2.75, 3.05) is 5.75 Å². The Labute approximate surface area is 263 Å². The molecule has 1 amide bonds. The molecule has 5 rings (SSSR count). The molecule has 8 nitrogen and oxygen atoms in total. The Bertz CT molecular complexity index is 1870. The first kappa shape index (κ1) is 30.9. The molecule has 224 valence electrons. The van der Waals surface area contributed by atoms with Gasteiger partial charge in [0.15, 0.2) is 9.84 Å². The monoisotopic (exact) mass is 646 g/mol. The molecule has 0 bridgehead atoms. The molecule has 0 spiro atoms. The highest BCUT2D eigenvalue weighted by Crippen LogP contribution is 2.23. The fourth-order valence-electron chi connectivity index (χ4n) is 4.32. The molecule has 0 saturated carbocycles. The summed E-state index contributed by atoms with van der Waals surface area (Å²) in [6.07, 6.45) is 3.08. The topological polar surface area (TPSA) is 123 Å². The second-order valence-electron chi connectivity index (χ2n) is 9.81. The number of nitrogens with one attached hydrogen (secondary N) is 1. The number of carbonyl (C=O) groups excluding carboxylic acids is 1. The maximum Gasteiger partial charge on any atom is 0.366 e. The van der Waals surface area contributed by atoms with Crippen LogP contribution >= 0.6 is 22.9 Å². The number of benzene rings is 4. The van der Waals surface area contributed by atoms with E-state index < -0.39 is 27.9 Å². The first-order valence-corrected chi connectivity index (χ1v) is 16.4. The highest BCUT2D eigenvalue weighted by molar-refractivity contribution is 7.91. The second kappa shape index (κ2) is 13.9. The summed E-state index contributed by atoms with van der Waals surface area (Å²) in [5, 5.41) is 13.4. The van der Waals surface area contributed by atoms with Gasteiger partial charge in [0.2, 0.25) is 0 Å². The molecule has 0 saturated heterocycles. The summed E-state index contributed by atoms with van der Waals surface area (Å²) in [7, 11) is -3.43. The van der Waals surface area contributed by atoms with E-state index in [0.29, 0.717) is 17.9 Å². The Morgan fingerprint density at radius 1 is 0.932 bits per heavy atom. The van der Waals surface area contributed by atoms with E-state index in [-0.39, 0.29) is 22.0 Å². The summed E-state index contributed by atoms with van der Waals surface area (Å²) < 4.78 is 31.7. The van der Waals surface area contributed by atoms with Crippen molar-refractivity contribution in [3.05, 3.63) is 124 Å². The number of hydrogen-bond acceptors (Lipinski definition) is 7. The summed E-state index contributed by atoms with van der Waals surface area (Å²) in [6, 6.07) is 27.3. The number of nitrogens with zero attached hydrogens (tertiary/aromatic N) is 1. The van der Waals surface area contributed by atoms with Crippen LogP contribution in [-0.2, 0) is 21.1 Å². The standard InChI is InChI=1S/C33H27ClN2O6S2/c34-25-14-18-27(19-15-25)44(40,41)21-3-4-22-9-16-26(17-10-22)42-32(33(38)39)36-31(37)24-12-7-23(8-13-24)11-20-30-35-28-5-1-2-6-29(28)43-30/h1-2,5-20,32H,3-4,21H2,(H,36,37)(H,38,39). The summed E-state index contributed by atoms with van der Waals surface area (Å²) in [4.78, 5) is 29.4. The molecule has 0 aliphatic heterocycles. The van der Waals surface area contributed by atoms with Crippen molar-refractivity contribution in [2.45, 2.75) is 24.0 Å². The number of thiazole rings is 1. The molecule has 44 heavy (non-hydrogen) atoms. The minimum absolute atomic E-state index is 0.0274. The van der Waals surface area contributed by atoms with E-state index in [1.165, 1.54) is 12.1 Å². The van der Waals surface area contributed by atoms with Gasteiger partial charge in [-0.1, -0.05) is 54.1 Å². The van der Waals surface area contributed by atoms with E-state index in [1.807, 2.05) is 36.4 Å². The van der Waals surface area contributed by atoms with Crippen LogP contribution in [0.4, 0.5) is 0 Å². The van der Waals surface area contributed by atoms with Crippen LogP contribution in [-0.4, -0.2) is 42.4 Å². The molecule has 4 aromatic carbocycles. The number of aromatic nitrogens is 1. The van der Waals surface area contributed by atoms with Crippen molar-refractivity contribution < 1.29 is 27.9 Å². The first-order valence-electron chi connectivity index (χ1n) is 13.6. The summed E-state index contributed by atoms with van der Waals surface area (Å²) >= 11 is 7.42. The molecule has 5 aromatic rings. The van der Waals surface area contributed by atoms with Gasteiger partial charge in [-0.15, -0.1) is 11.3 Å². The van der Waals surface area contributed by atoms with Crippen LogP contribution in [0.2, 0.25) is 5.02 Å². The number of carboxylic acids is 1. The molecule has 11 heteroatoms. The van der Waals surface area contributed by atoms with Gasteiger partial charge in [-0.2, -0.15) is 0 Å². The maximum absolute atomic E-state index is 12.8. The number of ether oxygens (including phenoxy) is 1. The number of amides is 1. The van der Waals surface area contributed by atoms with Gasteiger partial charge in [0.25, 0.3) is 12.1 Å². The predicted molar refractivity (Wildman–Crippen MR) is 173 cm³/mol. The molecular formula is C33H27ClN2O6S2. The normalized spacial score (nSPS) is 12.3. The quantitative estimate of drug-likeness (QED) is 0.144. The Hall–Kier alpha value is -4.51. The number of para-hydroxylation sites is 1. The van der Waals surface area contributed by atoms with E-state index >= 15 is 0 Å². The van der Waals surface area contributed by atoms with Crippen molar-refractivity contribution in [3.8, 4) is 5.75 Å². The Morgan fingerprint density at radius 2 is 1.64 bits per heavy atom. The molecule has 1 heterocycles. The number of rotatable bonds is 12. The lowest BCUT2D eigenvalue weighted by atomic mass is 10.1. The van der Waals surface area contributed by atoms with E-state index in [9.17, 15) is 23.1 Å². The fraction of sp³-hybridized carbons (Fsp3) is 0.121. The number of aryl methyl sites for hydroxylation is 1. The largest absolute Gasteiger partial charge is 0.477 e. The molecule has 0 aliphatic rings. The van der Waals surface area contributed by atoms with Gasteiger partial charge in [-0.05, 0) is 90.7 Å². The zero-order valence-corrected chi connectivity index (χ0v) is 25.6. The molecule has 0 radical (unpaired) electrons. The number of halogens is 1. The summed E-state index contributed by atoms with van der Waals surface area (Å²) in [6.45, 7) is 0. The molecule has 2 N–H and O–H groups in total. The van der Waals surface area contributed by atoms with Crippen LogP contribution in [0.15, 0.2) is 102 Å². The number of hydrogen-bond donors (Lipinski definition) is 2. The van der Waals surface area contributed by atoms with Crippen molar-refractivity contribution in [3.63, 3.8) is 0 Å². The number of carbonyl (C=O) groups is 2. The van der Waals surface area contributed by atoms with Crippen LogP contribution in [0.25, 0.3) is 22.4 Å². The zero-order valence-electron chi connectivity index (χ0n) is 23.2. The van der Waals surface area contributed by atoms with Crippen LogP contribution in [0.5, 0.6) is 5.75 Å². The lowest BCUT2D eigenvalue weighted by Gasteiger charge is -2.17. The number of fused-ring (bicyclic) bond motifs is 1. The van der Waals surface area contributed by atoms with Crippen molar-refractivity contribution in [2.24, 2.45) is 0 Å². The molecule has 1 unspecified atom stereocenters. The van der Waals surface area contributed by atoms with Crippen LogP contribution in [0.1, 0.15) is 32.9 Å². The van der Waals surface area contributed by atoms with Crippen LogP contribution in [0.3, 0.4) is 0 Å². The molecule has 1 atom stereocenters. The van der Waals surface area contributed by atoms with Gasteiger partial charge in [0.05, 0.1) is 20.9 Å². The first-order chi connectivity index (χ1) is 21.2. The van der Waals surface area contributed by atoms with Gasteiger partial charge < -0.3 is 15.2 Å². The smallest absolute Gasteiger partial charge is 0.366 e. The van der Waals surface area contributed by atoms with Gasteiger partial charge >= 0.3 is 5.97 Å². The molecule has 1 aromatic heterocycles. The maximum atomic E-state index is 12.8. The summed E-state index contributed by atoms with van der Waals surface area (Å²) in [5.41, 5.74) is 2.93. The van der Waals surface area contributed by atoms with E-state index in [1.54, 1.807) is 72.0 Å². The second-order valence-corrected chi connectivity index (χ2v) is 13.4. The van der Waals surface area contributed by atoms with Gasteiger partial charge in [0, 0.05) is 10.6 Å². The number of carboxylic acid groups (broad SMARTS) is 1. The number of aliphatic carboxylic acids is 1. The summed E-state index contributed by atoms with van der Waals surface area (Å²) in [5.74, 6) is -1.74. The predicted octanol–water partition coefficient (Wildman–Crippen LogP) is 6.75. The van der Waals surface area contributed by atoms with Crippen molar-refractivity contribution in [1.82, 2.24) is 10.3 Å². The molecule has 0 fully saturated rings. The van der Waals surface area contributed by atoms with Crippen LogP contribution in [0, 0.1) is 0 Å². The minimum atomic E-state index is -3.43. The van der Waals surface area contributed by atoms with E-state index in [0.717, 1.165) is 26.4 Å².